The van der Waals surface area contributed by atoms with Crippen molar-refractivity contribution in [1.29, 1.82) is 0 Å². The molecule has 0 aliphatic heterocycles. The Morgan fingerprint density at radius 3 is 2.64 bits per heavy atom. The summed E-state index contributed by atoms with van der Waals surface area (Å²) in [5, 5.41) is 7.05. The minimum absolute atomic E-state index is 0.127. The summed E-state index contributed by atoms with van der Waals surface area (Å²) in [6.07, 6.45) is 8.88. The van der Waals surface area contributed by atoms with E-state index in [9.17, 15) is 4.79 Å². The van der Waals surface area contributed by atoms with Gasteiger partial charge in [-0.2, -0.15) is 5.10 Å². The zero-order valence-electron chi connectivity index (χ0n) is 19.2. The van der Waals surface area contributed by atoms with Gasteiger partial charge in [-0.25, -0.2) is 0 Å². The number of aryl methyl sites for hydroxylation is 2. The number of para-hydroxylation sites is 1. The van der Waals surface area contributed by atoms with E-state index in [1.807, 2.05) is 74.9 Å². The highest BCUT2D eigenvalue weighted by Crippen LogP contribution is 2.29. The van der Waals surface area contributed by atoms with Crippen molar-refractivity contribution in [3.05, 3.63) is 78.1 Å². The molecule has 3 aromatic rings. The van der Waals surface area contributed by atoms with Crippen molar-refractivity contribution in [1.82, 2.24) is 15.1 Å². The van der Waals surface area contributed by atoms with Gasteiger partial charge in [-0.1, -0.05) is 24.3 Å². The number of hydrogen-bond acceptors (Lipinski definition) is 5. The Kier molecular flexibility index (Phi) is 9.39. The van der Waals surface area contributed by atoms with Crippen LogP contribution in [0.3, 0.4) is 0 Å². The van der Waals surface area contributed by atoms with Crippen LogP contribution in [0, 0.1) is 0 Å². The summed E-state index contributed by atoms with van der Waals surface area (Å²) in [5.41, 5.74) is 2.02. The summed E-state index contributed by atoms with van der Waals surface area (Å²) in [6, 6.07) is 15.2. The van der Waals surface area contributed by atoms with Crippen LogP contribution in [0.15, 0.2) is 67.0 Å². The lowest BCUT2D eigenvalue weighted by Gasteiger charge is -2.13. The topological polar surface area (TPSA) is 74.6 Å². The molecule has 2 aromatic carbocycles. The summed E-state index contributed by atoms with van der Waals surface area (Å²) in [4.78, 5) is 12.1. The normalized spacial score (nSPS) is 10.8. The Bertz CT molecular complexity index is 1030. The second kappa shape index (κ2) is 13.0. The first-order valence-electron chi connectivity index (χ1n) is 11.1. The fourth-order valence-electron chi connectivity index (χ4n) is 3.18. The Morgan fingerprint density at radius 1 is 1.06 bits per heavy atom. The zero-order chi connectivity index (χ0) is 23.3. The molecule has 0 unspecified atom stereocenters. The Balaban J connectivity index is 1.44. The van der Waals surface area contributed by atoms with Crippen LogP contribution in [0.1, 0.15) is 24.5 Å². The third-order valence-corrected chi connectivity index (χ3v) is 4.75. The molecule has 0 radical (unpaired) electrons. The monoisotopic (exact) mass is 449 g/mol. The lowest BCUT2D eigenvalue weighted by atomic mass is 10.2. The molecule has 0 saturated carbocycles. The number of nitrogens with one attached hydrogen (secondary N) is 1. The summed E-state index contributed by atoms with van der Waals surface area (Å²) in [7, 11) is 1.89. The quantitative estimate of drug-likeness (QED) is 0.315. The fraction of sp³-hybridized carbons (Fsp3) is 0.308. The second-order valence-corrected chi connectivity index (χ2v) is 7.40. The van der Waals surface area contributed by atoms with Gasteiger partial charge in [-0.05, 0) is 61.2 Å². The number of ether oxygens (including phenoxy) is 3. The van der Waals surface area contributed by atoms with Crippen molar-refractivity contribution >= 4 is 12.0 Å². The molecule has 7 heteroatoms. The van der Waals surface area contributed by atoms with Crippen molar-refractivity contribution in [2.75, 3.05) is 26.4 Å². The zero-order valence-corrected chi connectivity index (χ0v) is 19.2. The van der Waals surface area contributed by atoms with Crippen LogP contribution in [0.25, 0.3) is 6.08 Å². The van der Waals surface area contributed by atoms with Crippen molar-refractivity contribution in [2.24, 2.45) is 7.05 Å². The van der Waals surface area contributed by atoms with Crippen LogP contribution in [0.2, 0.25) is 0 Å². The van der Waals surface area contributed by atoms with E-state index in [2.05, 4.69) is 10.4 Å². The highest BCUT2D eigenvalue weighted by atomic mass is 16.5. The molecule has 0 atom stereocenters. The predicted octanol–water partition coefficient (Wildman–Crippen LogP) is 4.04. The van der Waals surface area contributed by atoms with Gasteiger partial charge in [0.05, 0.1) is 12.8 Å². The number of nitrogens with zero attached hydrogens (tertiary/aromatic N) is 2. The average molecular weight is 450 g/mol. The van der Waals surface area contributed by atoms with Gasteiger partial charge in [0.15, 0.2) is 11.5 Å². The molecule has 0 saturated heterocycles. The van der Waals surface area contributed by atoms with Crippen molar-refractivity contribution in [2.45, 2.75) is 19.8 Å². The summed E-state index contributed by atoms with van der Waals surface area (Å²) in [5.74, 6) is 1.96. The molecule has 1 N–H and O–H groups in total. The number of amides is 1. The molecule has 33 heavy (non-hydrogen) atoms. The van der Waals surface area contributed by atoms with E-state index in [0.29, 0.717) is 37.9 Å². The van der Waals surface area contributed by atoms with Gasteiger partial charge in [-0.3, -0.25) is 9.48 Å². The standard InChI is InChI=1S/C26H31N3O4/c1-3-31-25-18-21(11-13-24(25)33-17-16-32-23-9-5-4-6-10-23)12-14-26(30)27-15-7-8-22-19-28-29(2)20-22/h4-6,9-14,18-20H,3,7-8,15-17H2,1-2H3,(H,27,30)/b14-12+. The molecule has 0 bridgehead atoms. The van der Waals surface area contributed by atoms with Crippen LogP contribution in [-0.4, -0.2) is 42.1 Å². The molecule has 1 amide bonds. The number of benzene rings is 2. The third kappa shape index (κ3) is 8.37. The first-order valence-corrected chi connectivity index (χ1v) is 11.1. The SMILES string of the molecule is CCOc1cc(/C=C/C(=O)NCCCc2cnn(C)c2)ccc1OCCOc1ccccc1. The maximum atomic E-state index is 12.1. The van der Waals surface area contributed by atoms with Gasteiger partial charge in [0, 0.05) is 25.9 Å². The molecular weight excluding hydrogens is 418 g/mol. The van der Waals surface area contributed by atoms with E-state index in [1.165, 1.54) is 11.6 Å². The van der Waals surface area contributed by atoms with Gasteiger partial charge in [-0.15, -0.1) is 0 Å². The number of hydrogen-bond donors (Lipinski definition) is 1. The lowest BCUT2D eigenvalue weighted by Crippen LogP contribution is -2.22. The maximum absolute atomic E-state index is 12.1. The van der Waals surface area contributed by atoms with Gasteiger partial charge in [0.1, 0.15) is 19.0 Å². The maximum Gasteiger partial charge on any atom is 0.243 e. The van der Waals surface area contributed by atoms with Crippen molar-refractivity contribution < 1.29 is 19.0 Å². The summed E-state index contributed by atoms with van der Waals surface area (Å²) >= 11 is 0. The van der Waals surface area contributed by atoms with Gasteiger partial charge in [0.25, 0.3) is 0 Å². The average Bonchev–Trinajstić information content (AvgIpc) is 3.25. The van der Waals surface area contributed by atoms with Crippen molar-refractivity contribution in [3.8, 4) is 17.2 Å². The molecule has 174 valence electrons. The highest BCUT2D eigenvalue weighted by molar-refractivity contribution is 5.91. The molecule has 0 aliphatic carbocycles. The minimum Gasteiger partial charge on any atom is -0.490 e. The van der Waals surface area contributed by atoms with E-state index in [0.717, 1.165) is 24.2 Å². The molecule has 0 fully saturated rings. The van der Waals surface area contributed by atoms with Gasteiger partial charge < -0.3 is 19.5 Å². The van der Waals surface area contributed by atoms with E-state index in [1.54, 1.807) is 10.8 Å². The Morgan fingerprint density at radius 2 is 1.88 bits per heavy atom. The molecule has 3 rings (SSSR count). The highest BCUT2D eigenvalue weighted by Gasteiger charge is 2.06. The summed E-state index contributed by atoms with van der Waals surface area (Å²) in [6.45, 7) is 3.87. The smallest absolute Gasteiger partial charge is 0.243 e. The Labute approximate surface area is 195 Å². The fourth-order valence-corrected chi connectivity index (χ4v) is 3.18. The number of carbonyl (C=O) groups is 1. The van der Waals surface area contributed by atoms with Crippen LogP contribution in [-0.2, 0) is 18.3 Å². The predicted molar refractivity (Wildman–Crippen MR) is 129 cm³/mol. The van der Waals surface area contributed by atoms with E-state index in [4.69, 9.17) is 14.2 Å². The summed E-state index contributed by atoms with van der Waals surface area (Å²) < 4.78 is 19.0. The second-order valence-electron chi connectivity index (χ2n) is 7.40. The van der Waals surface area contributed by atoms with Crippen LogP contribution in [0.4, 0.5) is 0 Å². The number of carbonyl (C=O) groups excluding carboxylic acids is 1. The third-order valence-electron chi connectivity index (χ3n) is 4.75. The van der Waals surface area contributed by atoms with Gasteiger partial charge >= 0.3 is 0 Å². The molecular formula is C26H31N3O4. The van der Waals surface area contributed by atoms with Crippen LogP contribution < -0.4 is 19.5 Å². The van der Waals surface area contributed by atoms with Gasteiger partial charge in [0.2, 0.25) is 5.91 Å². The lowest BCUT2D eigenvalue weighted by molar-refractivity contribution is -0.116. The van der Waals surface area contributed by atoms with Crippen LogP contribution in [0.5, 0.6) is 17.2 Å². The molecule has 1 heterocycles. The molecule has 1 aromatic heterocycles. The molecule has 7 nitrogen and oxygen atoms in total. The molecule has 0 spiro atoms. The van der Waals surface area contributed by atoms with E-state index >= 15 is 0 Å². The molecule has 0 aliphatic rings. The first-order chi connectivity index (χ1) is 16.1. The largest absolute Gasteiger partial charge is 0.490 e. The van der Waals surface area contributed by atoms with E-state index in [-0.39, 0.29) is 5.91 Å². The number of rotatable bonds is 13. The minimum atomic E-state index is -0.127. The first kappa shape index (κ1) is 23.9. The van der Waals surface area contributed by atoms with Crippen LogP contribution >= 0.6 is 0 Å². The number of aromatic nitrogens is 2. The van der Waals surface area contributed by atoms with E-state index < -0.39 is 0 Å². The Hall–Kier alpha value is -3.74. The van der Waals surface area contributed by atoms with Crippen molar-refractivity contribution in [3.63, 3.8) is 0 Å².